The molecule has 0 spiro atoms. The molecule has 130 valence electrons. The van der Waals surface area contributed by atoms with Gasteiger partial charge in [0.2, 0.25) is 0 Å². The lowest BCUT2D eigenvalue weighted by atomic mass is 10.2. The number of nitrogens with zero attached hydrogens (tertiary/aromatic N) is 1. The van der Waals surface area contributed by atoms with Crippen LogP contribution in [0.4, 0.5) is 36.8 Å². The Labute approximate surface area is 124 Å². The smallest absolute Gasteiger partial charge is 0.382 e. The second-order valence-electron chi connectivity index (χ2n) is 4.50. The van der Waals surface area contributed by atoms with Gasteiger partial charge in [-0.3, -0.25) is 4.79 Å². The number of aromatic nitrogens is 1. The van der Waals surface area contributed by atoms with Crippen molar-refractivity contribution in [2.24, 2.45) is 0 Å². The zero-order valence-corrected chi connectivity index (χ0v) is 11.4. The van der Waals surface area contributed by atoms with Crippen molar-refractivity contribution in [3.05, 3.63) is 28.2 Å². The summed E-state index contributed by atoms with van der Waals surface area (Å²) in [5, 5.41) is 10.6. The second kappa shape index (κ2) is 6.48. The molecule has 3 N–H and O–H groups in total. The minimum atomic E-state index is -4.97. The van der Waals surface area contributed by atoms with E-state index < -0.39 is 47.8 Å². The summed E-state index contributed by atoms with van der Waals surface area (Å²) in [7, 11) is 0.867. The van der Waals surface area contributed by atoms with E-state index in [4.69, 9.17) is 5.11 Å². The topological polar surface area (TPSA) is 85.4 Å². The van der Waals surface area contributed by atoms with Crippen LogP contribution in [0.1, 0.15) is 5.56 Å². The van der Waals surface area contributed by atoms with E-state index >= 15 is 0 Å². The van der Waals surface area contributed by atoms with E-state index in [0.717, 1.165) is 7.05 Å². The molecule has 1 atom stereocenters. The Balaban J connectivity index is 2.87. The van der Waals surface area contributed by atoms with E-state index in [1.807, 2.05) is 0 Å². The third kappa shape index (κ3) is 5.16. The first-order valence-corrected chi connectivity index (χ1v) is 5.89. The van der Waals surface area contributed by atoms with Crippen LogP contribution < -0.4 is 10.9 Å². The number of nitrogens with one attached hydrogen (secondary N) is 2. The number of amides is 2. The van der Waals surface area contributed by atoms with E-state index in [-0.39, 0.29) is 0 Å². The maximum atomic E-state index is 12.5. The molecule has 0 radical (unpaired) electrons. The molecule has 0 saturated carbocycles. The van der Waals surface area contributed by atoms with Crippen LogP contribution in [0.2, 0.25) is 0 Å². The van der Waals surface area contributed by atoms with E-state index in [1.54, 1.807) is 10.3 Å². The molecule has 0 fully saturated rings. The number of rotatable bonds is 3. The largest absolute Gasteiger partial charge is 0.417 e. The van der Waals surface area contributed by atoms with Gasteiger partial charge in [-0.1, -0.05) is 0 Å². The normalized spacial score (nSPS) is 13.6. The molecule has 2 amide bonds. The van der Waals surface area contributed by atoms with Crippen molar-refractivity contribution in [1.82, 2.24) is 9.88 Å². The summed E-state index contributed by atoms with van der Waals surface area (Å²) < 4.78 is 74.0. The minimum absolute atomic E-state index is 0.338. The molecular weight excluding hydrogens is 336 g/mol. The van der Waals surface area contributed by atoms with Gasteiger partial charge in [-0.2, -0.15) is 26.3 Å². The molecular formula is C11H11F6N3O3. The van der Waals surface area contributed by atoms with Crippen LogP contribution >= 0.6 is 0 Å². The number of hydrogen-bond acceptors (Lipinski definition) is 3. The average Bonchev–Trinajstić information content (AvgIpc) is 2.38. The number of aliphatic hydroxyl groups is 1. The van der Waals surface area contributed by atoms with Gasteiger partial charge >= 0.3 is 18.4 Å². The van der Waals surface area contributed by atoms with Crippen LogP contribution in [0.25, 0.3) is 0 Å². The summed E-state index contributed by atoms with van der Waals surface area (Å²) in [6, 6.07) is -0.955. The minimum Gasteiger partial charge on any atom is -0.382 e. The number of H-pyrrole nitrogens is 1. The number of urea groups is 1. The summed E-state index contributed by atoms with van der Waals surface area (Å²) in [4.78, 5) is 25.1. The molecule has 0 saturated heterocycles. The van der Waals surface area contributed by atoms with E-state index in [1.165, 1.54) is 0 Å². The predicted octanol–water partition coefficient (Wildman–Crippen LogP) is 1.78. The van der Waals surface area contributed by atoms with Crippen molar-refractivity contribution in [3.63, 3.8) is 0 Å². The fraction of sp³-hybridized carbons (Fsp3) is 0.455. The van der Waals surface area contributed by atoms with Gasteiger partial charge in [-0.15, -0.1) is 0 Å². The maximum absolute atomic E-state index is 12.5. The molecule has 0 aliphatic heterocycles. The Kier molecular flexibility index (Phi) is 5.30. The van der Waals surface area contributed by atoms with E-state index in [0.29, 0.717) is 17.2 Å². The van der Waals surface area contributed by atoms with Crippen LogP contribution in [0.3, 0.4) is 0 Å². The molecule has 1 heterocycles. The third-order valence-corrected chi connectivity index (χ3v) is 2.64. The first kappa shape index (κ1) is 18.8. The average molecular weight is 347 g/mol. The Morgan fingerprint density at radius 3 is 2.39 bits per heavy atom. The van der Waals surface area contributed by atoms with Crippen LogP contribution in [0.5, 0.6) is 0 Å². The van der Waals surface area contributed by atoms with Gasteiger partial charge in [0.25, 0.3) is 5.56 Å². The standard InChI is InChI=1S/C11H11F6N3O3/c1-20(4-7(21)11(15,16)17)9(23)19-6-2-5(10(12,13)14)3-18-8(6)22/h2-3,7,21H,4H2,1H3,(H,18,22)(H,19,23). The van der Waals surface area contributed by atoms with Crippen molar-refractivity contribution in [3.8, 4) is 0 Å². The lowest BCUT2D eigenvalue weighted by Gasteiger charge is -2.22. The van der Waals surface area contributed by atoms with Gasteiger partial charge in [0.1, 0.15) is 5.69 Å². The molecule has 0 aliphatic rings. The number of carbonyl (C=O) groups excluding carboxylic acids is 1. The molecule has 0 aliphatic carbocycles. The van der Waals surface area contributed by atoms with Crippen LogP contribution in [-0.2, 0) is 6.18 Å². The van der Waals surface area contributed by atoms with Gasteiger partial charge in [0.15, 0.2) is 6.10 Å². The summed E-state index contributed by atoms with van der Waals surface area (Å²) in [6.07, 6.45) is -12.2. The fourth-order valence-electron chi connectivity index (χ4n) is 1.40. The van der Waals surface area contributed by atoms with Crippen molar-refractivity contribution >= 4 is 11.7 Å². The lowest BCUT2D eigenvalue weighted by molar-refractivity contribution is -0.205. The number of pyridine rings is 1. The second-order valence-corrected chi connectivity index (χ2v) is 4.50. The fourth-order valence-corrected chi connectivity index (χ4v) is 1.40. The molecule has 1 aromatic rings. The molecule has 12 heteroatoms. The first-order chi connectivity index (χ1) is 10.3. The van der Waals surface area contributed by atoms with Crippen molar-refractivity contribution in [2.45, 2.75) is 18.5 Å². The van der Waals surface area contributed by atoms with E-state index in [2.05, 4.69) is 0 Å². The Morgan fingerprint density at radius 2 is 1.91 bits per heavy atom. The van der Waals surface area contributed by atoms with Crippen LogP contribution in [-0.4, -0.2) is 46.9 Å². The number of halogens is 6. The maximum Gasteiger partial charge on any atom is 0.417 e. The Hall–Kier alpha value is -2.24. The highest BCUT2D eigenvalue weighted by atomic mass is 19.4. The Bertz CT molecular complexity index is 625. The number of aliphatic hydroxyl groups excluding tert-OH is 1. The molecule has 1 aromatic heterocycles. The highest BCUT2D eigenvalue weighted by Crippen LogP contribution is 2.29. The zero-order valence-electron chi connectivity index (χ0n) is 11.4. The van der Waals surface area contributed by atoms with Gasteiger partial charge in [0, 0.05) is 13.2 Å². The number of hydrogen-bond donors (Lipinski definition) is 3. The third-order valence-electron chi connectivity index (χ3n) is 2.64. The van der Waals surface area contributed by atoms with Gasteiger partial charge < -0.3 is 20.3 Å². The van der Waals surface area contributed by atoms with Crippen molar-refractivity contribution in [2.75, 3.05) is 18.9 Å². The summed E-state index contributed by atoms with van der Waals surface area (Å²) in [5.41, 5.74) is -3.13. The number of anilines is 1. The lowest BCUT2D eigenvalue weighted by Crippen LogP contribution is -2.43. The molecule has 0 bridgehead atoms. The molecule has 6 nitrogen and oxygen atoms in total. The quantitative estimate of drug-likeness (QED) is 0.729. The molecule has 0 aromatic carbocycles. The summed E-state index contributed by atoms with van der Waals surface area (Å²) in [6.45, 7) is -1.16. The SMILES string of the molecule is CN(CC(O)C(F)(F)F)C(=O)Nc1cc(C(F)(F)F)c[nH]c1=O. The highest BCUT2D eigenvalue weighted by molar-refractivity contribution is 5.89. The summed E-state index contributed by atoms with van der Waals surface area (Å²) >= 11 is 0. The van der Waals surface area contributed by atoms with Crippen molar-refractivity contribution < 1.29 is 36.2 Å². The monoisotopic (exact) mass is 347 g/mol. The number of alkyl halides is 6. The van der Waals surface area contributed by atoms with Crippen molar-refractivity contribution in [1.29, 1.82) is 0 Å². The predicted molar refractivity (Wildman–Crippen MR) is 65.8 cm³/mol. The first-order valence-electron chi connectivity index (χ1n) is 5.89. The number of carbonyl (C=O) groups is 1. The highest BCUT2D eigenvalue weighted by Gasteiger charge is 2.39. The summed E-state index contributed by atoms with van der Waals surface area (Å²) in [5.74, 6) is 0. The Morgan fingerprint density at radius 1 is 1.35 bits per heavy atom. The van der Waals surface area contributed by atoms with E-state index in [9.17, 15) is 35.9 Å². The van der Waals surface area contributed by atoms with Crippen LogP contribution in [0, 0.1) is 0 Å². The number of aromatic amines is 1. The van der Waals surface area contributed by atoms with Crippen LogP contribution in [0.15, 0.2) is 17.1 Å². The van der Waals surface area contributed by atoms with Gasteiger partial charge in [-0.05, 0) is 6.07 Å². The molecule has 1 unspecified atom stereocenters. The number of likely N-dealkylation sites (N-methyl/N-ethyl adjacent to an activating group) is 1. The molecule has 23 heavy (non-hydrogen) atoms. The van der Waals surface area contributed by atoms with Gasteiger partial charge in [0.05, 0.1) is 12.1 Å². The zero-order chi connectivity index (χ0) is 18.0. The van der Waals surface area contributed by atoms with Gasteiger partial charge in [-0.25, -0.2) is 4.79 Å². The molecule has 1 rings (SSSR count).